The number of carbonyl (C=O) groups is 1. The number of alkyl halides is 1. The molecule has 3 nitrogen and oxygen atoms in total. The molecule has 1 N–H and O–H groups in total. The molecule has 0 fully saturated rings. The minimum absolute atomic E-state index is 0.169. The van der Waals surface area contributed by atoms with E-state index in [1.165, 1.54) is 0 Å². The van der Waals surface area contributed by atoms with Gasteiger partial charge in [-0.05, 0) is 29.8 Å². The first-order chi connectivity index (χ1) is 10.3. The summed E-state index contributed by atoms with van der Waals surface area (Å²) in [6.07, 6.45) is 1.69. The van der Waals surface area contributed by atoms with Gasteiger partial charge in [-0.25, -0.2) is 0 Å². The Morgan fingerprint density at radius 1 is 1.05 bits per heavy atom. The van der Waals surface area contributed by atoms with Gasteiger partial charge in [-0.3, -0.25) is 9.78 Å². The lowest BCUT2D eigenvalue weighted by Gasteiger charge is -2.08. The first-order valence-electron chi connectivity index (χ1n) is 6.58. The van der Waals surface area contributed by atoms with Crippen LogP contribution in [0.25, 0.3) is 10.9 Å². The van der Waals surface area contributed by atoms with Crippen molar-refractivity contribution in [2.24, 2.45) is 0 Å². The van der Waals surface area contributed by atoms with Crippen LogP contribution < -0.4 is 5.32 Å². The Morgan fingerprint density at radius 3 is 2.57 bits per heavy atom. The molecular weight excluding hydrogens is 284 g/mol. The number of aromatic nitrogens is 1. The minimum Gasteiger partial charge on any atom is -0.322 e. The molecular formula is C17H13ClN2O. The smallest absolute Gasteiger partial charge is 0.257 e. The second kappa shape index (κ2) is 5.94. The fraction of sp³-hybridized carbons (Fsp3) is 0.0588. The van der Waals surface area contributed by atoms with Gasteiger partial charge in [-0.15, -0.1) is 11.6 Å². The molecule has 1 amide bonds. The number of carbonyl (C=O) groups excluding carboxylic acids is 1. The highest BCUT2D eigenvalue weighted by Crippen LogP contribution is 2.18. The molecule has 104 valence electrons. The Hall–Kier alpha value is -2.39. The molecule has 1 aromatic heterocycles. The van der Waals surface area contributed by atoms with Gasteiger partial charge < -0.3 is 5.32 Å². The van der Waals surface area contributed by atoms with Crippen LogP contribution in [0, 0.1) is 0 Å². The van der Waals surface area contributed by atoms with Gasteiger partial charge in [0.15, 0.2) is 0 Å². The average Bonchev–Trinajstić information content (AvgIpc) is 2.55. The van der Waals surface area contributed by atoms with Gasteiger partial charge in [0.25, 0.3) is 5.91 Å². The second-order valence-electron chi connectivity index (χ2n) is 4.67. The topological polar surface area (TPSA) is 42.0 Å². The van der Waals surface area contributed by atoms with E-state index in [1.54, 1.807) is 12.3 Å². The summed E-state index contributed by atoms with van der Waals surface area (Å²) in [5.74, 6) is 0.291. The Bertz CT molecular complexity index is 779. The van der Waals surface area contributed by atoms with Crippen molar-refractivity contribution in [3.63, 3.8) is 0 Å². The number of amides is 1. The maximum Gasteiger partial charge on any atom is 0.257 e. The van der Waals surface area contributed by atoms with E-state index in [-0.39, 0.29) is 5.91 Å². The van der Waals surface area contributed by atoms with E-state index in [0.717, 1.165) is 16.6 Å². The number of hydrogen-bond acceptors (Lipinski definition) is 2. The lowest BCUT2D eigenvalue weighted by atomic mass is 10.1. The number of nitrogens with zero attached hydrogens (tertiary/aromatic N) is 1. The summed E-state index contributed by atoms with van der Waals surface area (Å²) >= 11 is 5.75. The molecule has 4 heteroatoms. The highest BCUT2D eigenvalue weighted by Gasteiger charge is 2.10. The second-order valence-corrected chi connectivity index (χ2v) is 4.93. The van der Waals surface area contributed by atoms with E-state index in [4.69, 9.17) is 11.6 Å². The molecule has 1 heterocycles. The maximum absolute atomic E-state index is 12.4. The van der Waals surface area contributed by atoms with Crippen molar-refractivity contribution in [3.8, 4) is 0 Å². The molecule has 0 spiro atoms. The average molecular weight is 297 g/mol. The summed E-state index contributed by atoms with van der Waals surface area (Å²) in [5, 5.41) is 3.83. The number of hydrogen-bond donors (Lipinski definition) is 1. The van der Waals surface area contributed by atoms with Crippen LogP contribution in [0.2, 0.25) is 0 Å². The number of rotatable bonds is 3. The Labute approximate surface area is 127 Å². The van der Waals surface area contributed by atoms with Gasteiger partial charge in [-0.1, -0.05) is 30.3 Å². The zero-order valence-corrected chi connectivity index (χ0v) is 12.0. The van der Waals surface area contributed by atoms with E-state index in [1.807, 2.05) is 48.5 Å². The number of fused-ring (bicyclic) bond motifs is 1. The molecule has 0 unspecified atom stereocenters. The number of benzene rings is 2. The van der Waals surface area contributed by atoms with E-state index in [2.05, 4.69) is 10.3 Å². The standard InChI is InChI=1S/C17H13ClN2O/c18-11-12-6-8-14(9-7-12)20-17(21)15-5-1-3-13-4-2-10-19-16(13)15/h1-10H,11H2,(H,20,21). The van der Waals surface area contributed by atoms with Crippen molar-refractivity contribution < 1.29 is 4.79 Å². The van der Waals surface area contributed by atoms with Gasteiger partial charge in [0.2, 0.25) is 0 Å². The molecule has 21 heavy (non-hydrogen) atoms. The van der Waals surface area contributed by atoms with Crippen LogP contribution in [0.1, 0.15) is 15.9 Å². The highest BCUT2D eigenvalue weighted by atomic mass is 35.5. The lowest BCUT2D eigenvalue weighted by molar-refractivity contribution is 0.102. The van der Waals surface area contributed by atoms with Gasteiger partial charge >= 0.3 is 0 Å². The molecule has 0 atom stereocenters. The van der Waals surface area contributed by atoms with Crippen LogP contribution in [0.4, 0.5) is 5.69 Å². The van der Waals surface area contributed by atoms with Crippen LogP contribution in [0.3, 0.4) is 0 Å². The molecule has 0 aliphatic rings. The predicted molar refractivity (Wildman–Crippen MR) is 85.7 cm³/mol. The first kappa shape index (κ1) is 13.6. The summed E-state index contributed by atoms with van der Waals surface area (Å²) in [6, 6.07) is 16.8. The summed E-state index contributed by atoms with van der Waals surface area (Å²) in [5.41, 5.74) is 3.02. The normalized spacial score (nSPS) is 10.5. The van der Waals surface area contributed by atoms with Gasteiger partial charge in [0.05, 0.1) is 11.1 Å². The molecule has 3 aromatic rings. The zero-order valence-electron chi connectivity index (χ0n) is 11.2. The van der Waals surface area contributed by atoms with Crippen molar-refractivity contribution >= 4 is 34.1 Å². The number of pyridine rings is 1. The predicted octanol–water partition coefficient (Wildman–Crippen LogP) is 4.23. The summed E-state index contributed by atoms with van der Waals surface area (Å²) in [7, 11) is 0. The number of halogens is 1. The van der Waals surface area contributed by atoms with Crippen molar-refractivity contribution in [2.75, 3.05) is 5.32 Å². The molecule has 2 aromatic carbocycles. The van der Waals surface area contributed by atoms with Crippen molar-refractivity contribution in [3.05, 3.63) is 71.9 Å². The molecule has 3 rings (SSSR count). The third kappa shape index (κ3) is 2.88. The van der Waals surface area contributed by atoms with Crippen molar-refractivity contribution in [2.45, 2.75) is 5.88 Å². The maximum atomic E-state index is 12.4. The van der Waals surface area contributed by atoms with E-state index in [0.29, 0.717) is 17.0 Å². The molecule has 0 radical (unpaired) electrons. The number of anilines is 1. The molecule has 0 aliphatic carbocycles. The van der Waals surface area contributed by atoms with Crippen LogP contribution in [0.5, 0.6) is 0 Å². The fourth-order valence-corrected chi connectivity index (χ4v) is 2.34. The van der Waals surface area contributed by atoms with Crippen LogP contribution in [-0.2, 0) is 5.88 Å². The van der Waals surface area contributed by atoms with Crippen LogP contribution >= 0.6 is 11.6 Å². The largest absolute Gasteiger partial charge is 0.322 e. The van der Waals surface area contributed by atoms with Gasteiger partial charge in [-0.2, -0.15) is 0 Å². The van der Waals surface area contributed by atoms with Crippen molar-refractivity contribution in [1.29, 1.82) is 0 Å². The number of para-hydroxylation sites is 1. The quantitative estimate of drug-likeness (QED) is 0.735. The molecule has 0 bridgehead atoms. The summed E-state index contributed by atoms with van der Waals surface area (Å²) < 4.78 is 0. The number of nitrogens with one attached hydrogen (secondary N) is 1. The lowest BCUT2D eigenvalue weighted by Crippen LogP contribution is -2.12. The highest BCUT2D eigenvalue weighted by molar-refractivity contribution is 6.17. The monoisotopic (exact) mass is 296 g/mol. The third-order valence-electron chi connectivity index (χ3n) is 3.24. The van der Waals surface area contributed by atoms with E-state index in [9.17, 15) is 4.79 Å². The van der Waals surface area contributed by atoms with Gasteiger partial charge in [0.1, 0.15) is 0 Å². The first-order valence-corrected chi connectivity index (χ1v) is 7.11. The van der Waals surface area contributed by atoms with E-state index >= 15 is 0 Å². The Kier molecular flexibility index (Phi) is 3.84. The van der Waals surface area contributed by atoms with Crippen LogP contribution in [-0.4, -0.2) is 10.9 Å². The minimum atomic E-state index is -0.169. The zero-order chi connectivity index (χ0) is 14.7. The fourth-order valence-electron chi connectivity index (χ4n) is 2.16. The van der Waals surface area contributed by atoms with E-state index < -0.39 is 0 Å². The SMILES string of the molecule is O=C(Nc1ccc(CCl)cc1)c1cccc2cccnc12. The van der Waals surface area contributed by atoms with Crippen LogP contribution in [0.15, 0.2) is 60.8 Å². The summed E-state index contributed by atoms with van der Waals surface area (Å²) in [4.78, 5) is 16.7. The van der Waals surface area contributed by atoms with Crippen molar-refractivity contribution in [1.82, 2.24) is 4.98 Å². The third-order valence-corrected chi connectivity index (χ3v) is 3.55. The summed E-state index contributed by atoms with van der Waals surface area (Å²) in [6.45, 7) is 0. The Balaban J connectivity index is 1.90. The van der Waals surface area contributed by atoms with Gasteiger partial charge in [0, 0.05) is 23.2 Å². The molecule has 0 aliphatic heterocycles. The molecule has 0 saturated heterocycles. The Morgan fingerprint density at radius 2 is 1.81 bits per heavy atom. The molecule has 0 saturated carbocycles.